The zero-order chi connectivity index (χ0) is 60.1. The predicted molar refractivity (Wildman–Crippen MR) is 379 cm³/mol. The van der Waals surface area contributed by atoms with Gasteiger partial charge in [0.15, 0.2) is 0 Å². The van der Waals surface area contributed by atoms with Crippen molar-refractivity contribution in [3.05, 3.63) is 222 Å². The Morgan fingerprint density at radius 1 is 0.298 bits per heavy atom. The van der Waals surface area contributed by atoms with Gasteiger partial charge in [0.1, 0.15) is 13.8 Å². The molecule has 0 saturated heterocycles. The molecule has 2 aromatic heterocycles. The van der Waals surface area contributed by atoms with Crippen LogP contribution in [0.4, 0.5) is 0 Å². The van der Waals surface area contributed by atoms with Gasteiger partial charge in [-0.25, -0.2) is 9.97 Å². The zero-order valence-electron chi connectivity index (χ0n) is 52.6. The molecule has 0 radical (unpaired) electrons. The van der Waals surface area contributed by atoms with Gasteiger partial charge in [0.25, 0.3) is 0 Å². The quantitative estimate of drug-likeness (QED) is 0.0708. The summed E-state index contributed by atoms with van der Waals surface area (Å²) in [5.41, 5.74) is 11.2. The minimum Gasteiger partial charge on any atom is -1.00 e. The molecule has 11 rings (SSSR count). The second-order valence-corrected chi connectivity index (χ2v) is 31.4. The summed E-state index contributed by atoms with van der Waals surface area (Å²) < 4.78 is 3.78. The number of hydrogen-bond donors (Lipinski definition) is 0. The molecule has 0 aliphatic heterocycles. The molecule has 2 heterocycles. The Labute approximate surface area is 562 Å². The summed E-state index contributed by atoms with van der Waals surface area (Å²) in [5.74, 6) is 0. The first kappa shape index (κ1) is 69.1. The van der Waals surface area contributed by atoms with Crippen LogP contribution in [0.3, 0.4) is 0 Å². The summed E-state index contributed by atoms with van der Waals surface area (Å²) in [6.45, 7) is 40.7. The summed E-state index contributed by atoms with van der Waals surface area (Å²) in [5, 5.41) is 15.2. The van der Waals surface area contributed by atoms with Crippen molar-refractivity contribution >= 4 is 151 Å². The molecular formula is C76H81Br5MgN2. The molecule has 0 bridgehead atoms. The van der Waals surface area contributed by atoms with E-state index in [1.54, 1.807) is 0 Å². The van der Waals surface area contributed by atoms with Gasteiger partial charge in [-0.1, -0.05) is 231 Å². The average molecular weight is 1450 g/mol. The van der Waals surface area contributed by atoms with E-state index in [9.17, 15) is 0 Å². The van der Waals surface area contributed by atoms with Gasteiger partial charge >= 0.3 is 23.1 Å². The second kappa shape index (κ2) is 26.8. The van der Waals surface area contributed by atoms with Crippen LogP contribution in [0.5, 0.6) is 0 Å². The maximum atomic E-state index is 4.84. The van der Waals surface area contributed by atoms with Gasteiger partial charge in [-0.05, 0) is 222 Å². The van der Waals surface area contributed by atoms with Crippen molar-refractivity contribution in [3.63, 3.8) is 0 Å². The number of pyridine rings is 2. The fourth-order valence-corrected chi connectivity index (χ4v) is 12.0. The number of hydrogen-bond acceptors (Lipinski definition) is 2. The number of rotatable bonds is 1. The first-order valence-corrected chi connectivity index (χ1v) is 31.7. The van der Waals surface area contributed by atoms with Crippen LogP contribution >= 0.6 is 63.7 Å². The van der Waals surface area contributed by atoms with E-state index in [2.05, 4.69) is 339 Å². The fourth-order valence-electron chi connectivity index (χ4n) is 10.1. The molecule has 0 aliphatic rings. The summed E-state index contributed by atoms with van der Waals surface area (Å²) in [4.78, 5) is 8.85. The third-order valence-corrected chi connectivity index (χ3v) is 17.6. The number of benzene rings is 9. The topological polar surface area (TPSA) is 25.8 Å². The standard InChI is InChI=1S/C27H28BrN.C22H25Br.C22H25.C5H3Br2N.BrH.Mg/c1-26(2,3)19-12-10-17-14-18-11-13-20(27(4,5)6)16-22(18)25(21(17)15-19)23-8-7-9-24(28)29-23;1-21(2,3)16-9-7-14-11-15-8-10-17(22(4,5)6)13-19(15)20(23)18(14)12-16;1-21(2,3)19-9-7-15-11-16-8-10-20(22(4,5)6)14-18(16)12-17(15)13-19;6-4-2-1-3-5(7)8-4;;/h7-16H,1-6H3;7-13H,1-6H3;7-11,13-14H,1-6H3;1-3H;1H;/q;;-1;;;+2/p-1. The molecule has 0 fully saturated rings. The zero-order valence-corrected chi connectivity index (χ0v) is 61.9. The predicted octanol–water partition coefficient (Wildman–Crippen LogP) is 21.4. The van der Waals surface area contributed by atoms with E-state index in [4.69, 9.17) is 4.98 Å². The molecule has 0 aliphatic carbocycles. The summed E-state index contributed by atoms with van der Waals surface area (Å²) in [6, 6.07) is 63.3. The Kier molecular flexibility index (Phi) is 22.0. The van der Waals surface area contributed by atoms with Gasteiger partial charge in [-0.3, -0.25) is 0 Å². The van der Waals surface area contributed by atoms with E-state index in [1.165, 1.54) is 108 Å². The summed E-state index contributed by atoms with van der Waals surface area (Å²) in [7, 11) is 0. The average Bonchev–Trinajstić information content (AvgIpc) is 1.04. The molecule has 0 unspecified atom stereocenters. The monoisotopic (exact) mass is 1440 g/mol. The van der Waals surface area contributed by atoms with Crippen LogP contribution in [0.1, 0.15) is 158 Å². The maximum absolute atomic E-state index is 4.84. The second-order valence-electron chi connectivity index (χ2n) is 28.2. The number of aromatic nitrogens is 2. The van der Waals surface area contributed by atoms with Crippen molar-refractivity contribution in [2.45, 2.75) is 157 Å². The van der Waals surface area contributed by atoms with Crippen molar-refractivity contribution in [3.8, 4) is 11.3 Å². The fraction of sp³-hybridized carbons (Fsp3) is 0.316. The van der Waals surface area contributed by atoms with Crippen molar-refractivity contribution in [2.24, 2.45) is 0 Å². The first-order valence-electron chi connectivity index (χ1n) is 28.5. The summed E-state index contributed by atoms with van der Waals surface area (Å²) >= 11 is 13.9. The van der Waals surface area contributed by atoms with E-state index in [0.29, 0.717) is 0 Å². The smallest absolute Gasteiger partial charge is 1.00 e. The van der Waals surface area contributed by atoms with Crippen LogP contribution < -0.4 is 17.0 Å². The van der Waals surface area contributed by atoms with Crippen LogP contribution in [-0.4, -0.2) is 33.0 Å². The Morgan fingerprint density at radius 3 is 0.857 bits per heavy atom. The van der Waals surface area contributed by atoms with Crippen molar-refractivity contribution in [2.75, 3.05) is 0 Å². The van der Waals surface area contributed by atoms with Crippen molar-refractivity contribution < 1.29 is 17.0 Å². The molecule has 432 valence electrons. The van der Waals surface area contributed by atoms with Crippen LogP contribution in [0.25, 0.3) is 75.9 Å². The molecule has 8 heteroatoms. The van der Waals surface area contributed by atoms with E-state index >= 15 is 0 Å². The molecule has 0 N–H and O–H groups in total. The minimum absolute atomic E-state index is 0. The Hall–Kier alpha value is -3.99. The van der Waals surface area contributed by atoms with E-state index in [0.717, 1.165) is 19.5 Å². The SMILES string of the molecule is Brc1cccc(Br)n1.CC(C)(C)c1ccc2cc3ccc(C(C)(C)C)cc3[c-]c2c1.CC(C)(C)c1ccc2cc3ccc(C(C)(C)C)cc3c(-c3cccc(Br)n3)c2c1.CC(C)(C)c1ccc2cc3ccc(C(C)(C)C)cc3c(Br)c2c1.[Br-].[Mg+2]. The van der Waals surface area contributed by atoms with E-state index in [-0.39, 0.29) is 72.5 Å². The number of nitrogens with zero attached hydrogens (tertiary/aromatic N) is 2. The van der Waals surface area contributed by atoms with Gasteiger partial charge < -0.3 is 17.0 Å². The van der Waals surface area contributed by atoms with Crippen LogP contribution in [-0.2, 0) is 32.5 Å². The molecule has 2 nitrogen and oxygen atoms in total. The molecular weight excluding hydrogens is 1360 g/mol. The molecule has 0 amide bonds. The normalized spacial score (nSPS) is 12.2. The molecule has 84 heavy (non-hydrogen) atoms. The van der Waals surface area contributed by atoms with Crippen LogP contribution in [0.2, 0.25) is 0 Å². The number of fused-ring (bicyclic) bond motifs is 6. The first-order chi connectivity index (χ1) is 38.0. The van der Waals surface area contributed by atoms with Crippen molar-refractivity contribution in [1.29, 1.82) is 0 Å². The molecule has 11 aromatic rings. The Morgan fingerprint density at radius 2 is 0.560 bits per heavy atom. The third-order valence-electron chi connectivity index (χ3n) is 15.4. The number of halogens is 5. The van der Waals surface area contributed by atoms with E-state index in [1.807, 2.05) is 24.3 Å². The van der Waals surface area contributed by atoms with E-state index < -0.39 is 0 Å². The van der Waals surface area contributed by atoms with Gasteiger partial charge in [-0.15, -0.1) is 35.0 Å². The molecule has 0 atom stereocenters. The minimum atomic E-state index is 0. The molecule has 0 saturated carbocycles. The van der Waals surface area contributed by atoms with Crippen LogP contribution in [0.15, 0.2) is 182 Å². The van der Waals surface area contributed by atoms with Crippen molar-refractivity contribution in [1.82, 2.24) is 9.97 Å². The maximum Gasteiger partial charge on any atom is 2.00 e. The largest absolute Gasteiger partial charge is 2.00 e. The summed E-state index contributed by atoms with van der Waals surface area (Å²) in [6.07, 6.45) is 0. The third kappa shape index (κ3) is 16.8. The molecule has 9 aromatic carbocycles. The Balaban J connectivity index is 0.000000189. The van der Waals surface area contributed by atoms with Gasteiger partial charge in [-0.2, -0.15) is 0 Å². The molecule has 0 spiro atoms. The van der Waals surface area contributed by atoms with Gasteiger partial charge in [0, 0.05) is 10.0 Å². The van der Waals surface area contributed by atoms with Gasteiger partial charge in [0.2, 0.25) is 0 Å². The van der Waals surface area contributed by atoms with Gasteiger partial charge in [0.05, 0.1) is 5.69 Å². The van der Waals surface area contributed by atoms with Crippen LogP contribution in [0, 0.1) is 6.07 Å². The Bertz CT molecular complexity index is 3930.